The van der Waals surface area contributed by atoms with Gasteiger partial charge >= 0.3 is 0 Å². The SMILES string of the molecule is C=C(C)C(=O)/C=C(\C)c1ccccc1. The van der Waals surface area contributed by atoms with E-state index in [0.29, 0.717) is 5.57 Å². The number of benzene rings is 1. The van der Waals surface area contributed by atoms with Gasteiger partial charge in [-0.15, -0.1) is 0 Å². The van der Waals surface area contributed by atoms with Crippen LogP contribution in [0.25, 0.3) is 5.57 Å². The highest BCUT2D eigenvalue weighted by Gasteiger charge is 2.00. The highest BCUT2D eigenvalue weighted by molar-refractivity contribution is 6.07. The lowest BCUT2D eigenvalue weighted by Gasteiger charge is -2.00. The van der Waals surface area contributed by atoms with Crippen molar-refractivity contribution in [2.45, 2.75) is 13.8 Å². The van der Waals surface area contributed by atoms with Crippen molar-refractivity contribution in [1.82, 2.24) is 0 Å². The number of carbonyl (C=O) groups excluding carboxylic acids is 1. The van der Waals surface area contributed by atoms with Gasteiger partial charge in [-0.3, -0.25) is 4.79 Å². The summed E-state index contributed by atoms with van der Waals surface area (Å²) in [5.74, 6) is -0.00801. The largest absolute Gasteiger partial charge is 0.290 e. The normalized spacial score (nSPS) is 11.1. The molecule has 0 atom stereocenters. The van der Waals surface area contributed by atoms with Gasteiger partial charge in [0.05, 0.1) is 0 Å². The first-order valence-electron chi connectivity index (χ1n) is 4.55. The Balaban J connectivity index is 2.91. The Morgan fingerprint density at radius 3 is 2.29 bits per heavy atom. The van der Waals surface area contributed by atoms with Gasteiger partial charge in [-0.2, -0.15) is 0 Å². The number of allylic oxidation sites excluding steroid dienone is 3. The zero-order chi connectivity index (χ0) is 10.6. The molecule has 1 aromatic carbocycles. The maximum absolute atomic E-state index is 11.4. The van der Waals surface area contributed by atoms with Crippen LogP contribution in [0.3, 0.4) is 0 Å². The number of ketones is 1. The molecule has 1 heteroatoms. The lowest BCUT2D eigenvalue weighted by molar-refractivity contribution is -0.111. The lowest BCUT2D eigenvalue weighted by Crippen LogP contribution is -1.93. The van der Waals surface area contributed by atoms with E-state index >= 15 is 0 Å². The first kappa shape index (κ1) is 10.5. The molecule has 0 N–H and O–H groups in total. The van der Waals surface area contributed by atoms with Crippen LogP contribution in [-0.2, 0) is 4.79 Å². The smallest absolute Gasteiger partial charge is 0.181 e. The maximum Gasteiger partial charge on any atom is 0.181 e. The molecule has 1 nitrogen and oxygen atoms in total. The minimum atomic E-state index is -0.00801. The minimum absolute atomic E-state index is 0.00801. The monoisotopic (exact) mass is 186 g/mol. The zero-order valence-electron chi connectivity index (χ0n) is 8.58. The first-order valence-corrected chi connectivity index (χ1v) is 4.55. The summed E-state index contributed by atoms with van der Waals surface area (Å²) < 4.78 is 0. The molecule has 0 aliphatic heterocycles. The number of hydrogen-bond donors (Lipinski definition) is 0. The quantitative estimate of drug-likeness (QED) is 0.662. The highest BCUT2D eigenvalue weighted by Crippen LogP contribution is 2.13. The molecule has 1 rings (SSSR count). The van der Waals surface area contributed by atoms with Crippen molar-refractivity contribution in [2.24, 2.45) is 0 Å². The third-order valence-electron chi connectivity index (χ3n) is 2.00. The predicted molar refractivity (Wildman–Crippen MR) is 59.9 cm³/mol. The molecule has 0 aliphatic carbocycles. The molecule has 0 fully saturated rings. The Morgan fingerprint density at radius 2 is 1.79 bits per heavy atom. The van der Waals surface area contributed by atoms with Gasteiger partial charge in [-0.25, -0.2) is 0 Å². The lowest BCUT2D eigenvalue weighted by atomic mass is 10.0. The minimum Gasteiger partial charge on any atom is -0.290 e. The Kier molecular flexibility index (Phi) is 3.41. The van der Waals surface area contributed by atoms with Crippen molar-refractivity contribution in [3.8, 4) is 0 Å². The average molecular weight is 186 g/mol. The molecule has 0 heterocycles. The van der Waals surface area contributed by atoms with Crippen LogP contribution in [0.5, 0.6) is 0 Å². The van der Waals surface area contributed by atoms with Gasteiger partial charge < -0.3 is 0 Å². The van der Waals surface area contributed by atoms with Crippen molar-refractivity contribution in [1.29, 1.82) is 0 Å². The van der Waals surface area contributed by atoms with Crippen LogP contribution >= 0.6 is 0 Å². The summed E-state index contributed by atoms with van der Waals surface area (Å²) in [4.78, 5) is 11.4. The van der Waals surface area contributed by atoms with Gasteiger partial charge in [-0.1, -0.05) is 36.9 Å². The molecule has 0 radical (unpaired) electrons. The Hall–Kier alpha value is -1.63. The zero-order valence-corrected chi connectivity index (χ0v) is 8.58. The Labute approximate surface area is 84.8 Å². The number of carbonyl (C=O) groups is 1. The summed E-state index contributed by atoms with van der Waals surface area (Å²) in [5, 5.41) is 0. The van der Waals surface area contributed by atoms with E-state index in [1.807, 2.05) is 37.3 Å². The summed E-state index contributed by atoms with van der Waals surface area (Å²) in [6, 6.07) is 9.84. The molecule has 0 aliphatic rings. The van der Waals surface area contributed by atoms with E-state index in [1.54, 1.807) is 13.0 Å². The van der Waals surface area contributed by atoms with Crippen LogP contribution in [0.4, 0.5) is 0 Å². The van der Waals surface area contributed by atoms with Gasteiger partial charge in [-0.05, 0) is 36.6 Å². The first-order chi connectivity index (χ1) is 6.61. The van der Waals surface area contributed by atoms with Crippen LogP contribution in [0.15, 0.2) is 48.6 Å². The van der Waals surface area contributed by atoms with E-state index in [1.165, 1.54) is 0 Å². The van der Waals surface area contributed by atoms with Crippen LogP contribution in [0.1, 0.15) is 19.4 Å². The number of rotatable bonds is 3. The van der Waals surface area contributed by atoms with Crippen molar-refractivity contribution in [3.05, 3.63) is 54.1 Å². The molecule has 1 aromatic rings. The molecular formula is C13H14O. The van der Waals surface area contributed by atoms with Crippen molar-refractivity contribution >= 4 is 11.4 Å². The predicted octanol–water partition coefficient (Wildman–Crippen LogP) is 3.24. The molecule has 0 aromatic heterocycles. The van der Waals surface area contributed by atoms with Crippen LogP contribution in [-0.4, -0.2) is 5.78 Å². The van der Waals surface area contributed by atoms with E-state index in [0.717, 1.165) is 11.1 Å². The third kappa shape index (κ3) is 2.70. The number of hydrogen-bond acceptors (Lipinski definition) is 1. The molecule has 0 saturated heterocycles. The van der Waals surface area contributed by atoms with Gasteiger partial charge in [0.1, 0.15) is 0 Å². The third-order valence-corrected chi connectivity index (χ3v) is 2.00. The average Bonchev–Trinajstić information content (AvgIpc) is 2.19. The van der Waals surface area contributed by atoms with Crippen LogP contribution in [0.2, 0.25) is 0 Å². The summed E-state index contributed by atoms with van der Waals surface area (Å²) in [6.45, 7) is 7.25. The van der Waals surface area contributed by atoms with Gasteiger partial charge in [0, 0.05) is 0 Å². The van der Waals surface area contributed by atoms with Crippen molar-refractivity contribution in [2.75, 3.05) is 0 Å². The topological polar surface area (TPSA) is 17.1 Å². The van der Waals surface area contributed by atoms with Crippen molar-refractivity contribution in [3.63, 3.8) is 0 Å². The molecule has 0 saturated carbocycles. The molecule has 0 amide bonds. The second-order valence-corrected chi connectivity index (χ2v) is 3.34. The Morgan fingerprint density at radius 1 is 1.21 bits per heavy atom. The van der Waals surface area contributed by atoms with Crippen LogP contribution < -0.4 is 0 Å². The summed E-state index contributed by atoms with van der Waals surface area (Å²) in [5.41, 5.74) is 2.61. The molecule has 14 heavy (non-hydrogen) atoms. The summed E-state index contributed by atoms with van der Waals surface area (Å²) in [6.07, 6.45) is 1.62. The van der Waals surface area contributed by atoms with E-state index in [4.69, 9.17) is 0 Å². The van der Waals surface area contributed by atoms with Gasteiger partial charge in [0.2, 0.25) is 0 Å². The van der Waals surface area contributed by atoms with E-state index in [2.05, 4.69) is 6.58 Å². The van der Waals surface area contributed by atoms with Gasteiger partial charge in [0.25, 0.3) is 0 Å². The maximum atomic E-state index is 11.4. The van der Waals surface area contributed by atoms with E-state index in [9.17, 15) is 4.79 Å². The highest BCUT2D eigenvalue weighted by atomic mass is 16.1. The van der Waals surface area contributed by atoms with E-state index < -0.39 is 0 Å². The molecular weight excluding hydrogens is 172 g/mol. The second-order valence-electron chi connectivity index (χ2n) is 3.34. The summed E-state index contributed by atoms with van der Waals surface area (Å²) in [7, 11) is 0. The summed E-state index contributed by atoms with van der Waals surface area (Å²) >= 11 is 0. The van der Waals surface area contributed by atoms with Crippen LogP contribution in [0, 0.1) is 0 Å². The van der Waals surface area contributed by atoms with Crippen molar-refractivity contribution < 1.29 is 4.79 Å². The second kappa shape index (κ2) is 4.56. The molecule has 0 unspecified atom stereocenters. The fourth-order valence-electron chi connectivity index (χ4n) is 1.10. The Bertz CT molecular complexity index is 371. The standard InChI is InChI=1S/C13H14O/c1-10(2)13(14)9-11(3)12-7-5-4-6-8-12/h4-9H,1H2,2-3H3/b11-9+. The van der Waals surface area contributed by atoms with E-state index in [-0.39, 0.29) is 5.78 Å². The fraction of sp³-hybridized carbons (Fsp3) is 0.154. The molecule has 0 spiro atoms. The molecule has 0 bridgehead atoms. The van der Waals surface area contributed by atoms with Gasteiger partial charge in [0.15, 0.2) is 5.78 Å². The molecule has 72 valence electrons. The fourth-order valence-corrected chi connectivity index (χ4v) is 1.10.